The molecule has 0 amide bonds. The zero-order valence-electron chi connectivity index (χ0n) is 36.2. The summed E-state index contributed by atoms with van der Waals surface area (Å²) in [6.07, 6.45) is 0. The maximum Gasteiger partial charge on any atom is -0.00928 e. The van der Waals surface area contributed by atoms with Crippen molar-refractivity contribution in [2.45, 2.75) is 0 Å². The highest BCUT2D eigenvalue weighted by atomic mass is 14.2. The molecular weight excluding hydrogens is 793 g/mol. The molecule has 0 heterocycles. The maximum atomic E-state index is 2.40. The van der Waals surface area contributed by atoms with Gasteiger partial charge in [0, 0.05) is 0 Å². The summed E-state index contributed by atoms with van der Waals surface area (Å²) >= 11 is 0. The van der Waals surface area contributed by atoms with Gasteiger partial charge in [0.25, 0.3) is 0 Å². The topological polar surface area (TPSA) is 0 Å². The third kappa shape index (κ3) is 6.46. The molecule has 0 aliphatic rings. The minimum atomic E-state index is 1.21. The second kappa shape index (κ2) is 15.6. The molecule has 0 aliphatic heterocycles. The second-order valence-corrected chi connectivity index (χ2v) is 17.6. The molecule has 306 valence electrons. The van der Waals surface area contributed by atoms with Gasteiger partial charge in [0.05, 0.1) is 0 Å². The fraction of sp³-hybridized carbons (Fsp3) is 0. The van der Waals surface area contributed by atoms with Crippen molar-refractivity contribution in [2.75, 3.05) is 0 Å². The van der Waals surface area contributed by atoms with E-state index in [1.54, 1.807) is 0 Å². The van der Waals surface area contributed by atoms with E-state index in [-0.39, 0.29) is 0 Å². The molecule has 0 saturated heterocycles. The van der Waals surface area contributed by atoms with E-state index in [1.807, 2.05) is 0 Å². The highest BCUT2D eigenvalue weighted by molar-refractivity contribution is 6.27. The van der Waals surface area contributed by atoms with Crippen molar-refractivity contribution in [3.63, 3.8) is 0 Å². The summed E-state index contributed by atoms with van der Waals surface area (Å²) in [5.41, 5.74) is 14.7. The molecule has 13 aromatic rings. The number of rotatable bonds is 6. The van der Waals surface area contributed by atoms with Crippen molar-refractivity contribution in [3.8, 4) is 66.8 Å². The van der Waals surface area contributed by atoms with E-state index < -0.39 is 0 Å². The molecule has 0 spiro atoms. The van der Waals surface area contributed by atoms with E-state index in [9.17, 15) is 0 Å². The van der Waals surface area contributed by atoms with Crippen LogP contribution in [0.5, 0.6) is 0 Å². The molecule has 13 rings (SSSR count). The fourth-order valence-electron chi connectivity index (χ4n) is 10.5. The summed E-state index contributed by atoms with van der Waals surface area (Å²) in [5, 5.41) is 15.3. The average molecular weight is 835 g/mol. The van der Waals surface area contributed by atoms with Crippen LogP contribution in [0.25, 0.3) is 131 Å². The third-order valence-electron chi connectivity index (χ3n) is 13.8. The van der Waals surface area contributed by atoms with Crippen LogP contribution in [0.3, 0.4) is 0 Å². The zero-order valence-corrected chi connectivity index (χ0v) is 36.2. The van der Waals surface area contributed by atoms with Gasteiger partial charge in [0.2, 0.25) is 0 Å². The maximum absolute atomic E-state index is 2.40. The second-order valence-electron chi connectivity index (χ2n) is 17.6. The van der Waals surface area contributed by atoms with Crippen molar-refractivity contribution in [3.05, 3.63) is 255 Å². The lowest BCUT2D eigenvalue weighted by Crippen LogP contribution is -1.88. The van der Waals surface area contributed by atoms with Crippen molar-refractivity contribution >= 4 is 64.6 Å². The SMILES string of the molecule is c1ccc(-c2cccc(-c3ccc4c5ccc(-c6cccc(-c7ccc8c9ccc(-c%10cccc(-c%11ccccc%11)c%10)cc9c9ccccc9c8c7)c6)cc5c5ccccc5c4c3)c2)cc1. The van der Waals surface area contributed by atoms with Gasteiger partial charge >= 0.3 is 0 Å². The van der Waals surface area contributed by atoms with Gasteiger partial charge in [0.1, 0.15) is 0 Å². The normalized spacial score (nSPS) is 11.6. The fourth-order valence-corrected chi connectivity index (χ4v) is 10.5. The average Bonchev–Trinajstić information content (AvgIpc) is 3.41. The van der Waals surface area contributed by atoms with E-state index in [0.717, 1.165) is 0 Å². The predicted octanol–water partition coefficient (Wildman–Crippen LogP) is 18.6. The Hall–Kier alpha value is -8.58. The van der Waals surface area contributed by atoms with Gasteiger partial charge in [-0.05, 0) is 174 Å². The third-order valence-corrected chi connectivity index (χ3v) is 13.8. The first-order valence-corrected chi connectivity index (χ1v) is 22.9. The summed E-state index contributed by atoms with van der Waals surface area (Å²) < 4.78 is 0. The molecule has 0 N–H and O–H groups in total. The van der Waals surface area contributed by atoms with Crippen molar-refractivity contribution in [1.82, 2.24) is 0 Å². The number of fused-ring (bicyclic) bond motifs is 12. The molecule has 0 fully saturated rings. The van der Waals surface area contributed by atoms with Crippen LogP contribution in [0.4, 0.5) is 0 Å². The van der Waals surface area contributed by atoms with Crippen LogP contribution in [0.15, 0.2) is 255 Å². The lowest BCUT2D eigenvalue weighted by Gasteiger charge is -2.15. The molecule has 0 nitrogen and oxygen atoms in total. The summed E-state index contributed by atoms with van der Waals surface area (Å²) in [6.45, 7) is 0. The minimum absolute atomic E-state index is 1.21. The van der Waals surface area contributed by atoms with Crippen LogP contribution in [0, 0.1) is 0 Å². The molecular formula is C66H42. The van der Waals surface area contributed by atoms with Crippen molar-refractivity contribution in [1.29, 1.82) is 0 Å². The van der Waals surface area contributed by atoms with Gasteiger partial charge in [-0.2, -0.15) is 0 Å². The summed E-state index contributed by atoms with van der Waals surface area (Å²) in [4.78, 5) is 0. The van der Waals surface area contributed by atoms with Crippen molar-refractivity contribution in [2.24, 2.45) is 0 Å². The van der Waals surface area contributed by atoms with Gasteiger partial charge in [-0.25, -0.2) is 0 Å². The van der Waals surface area contributed by atoms with E-state index in [0.29, 0.717) is 0 Å². The highest BCUT2D eigenvalue weighted by Gasteiger charge is 2.15. The molecule has 0 atom stereocenters. The first kappa shape index (κ1) is 37.9. The van der Waals surface area contributed by atoms with Gasteiger partial charge < -0.3 is 0 Å². The predicted molar refractivity (Wildman–Crippen MR) is 284 cm³/mol. The van der Waals surface area contributed by atoms with Gasteiger partial charge in [0.15, 0.2) is 0 Å². The smallest absolute Gasteiger partial charge is 0.00928 e. The van der Waals surface area contributed by atoms with E-state index in [2.05, 4.69) is 255 Å². The van der Waals surface area contributed by atoms with Crippen LogP contribution in [0.2, 0.25) is 0 Å². The van der Waals surface area contributed by atoms with Crippen molar-refractivity contribution < 1.29 is 0 Å². The Morgan fingerprint density at radius 2 is 0.303 bits per heavy atom. The van der Waals surface area contributed by atoms with E-state index in [1.165, 1.54) is 131 Å². The van der Waals surface area contributed by atoms with E-state index >= 15 is 0 Å². The van der Waals surface area contributed by atoms with Gasteiger partial charge in [-0.1, -0.05) is 212 Å². The standard InChI is InChI=1S/C66H42/c1-3-14-43(15-4-1)45-18-11-20-47(36-45)51-28-32-59-61-34-30-53(41-65(61)57-26-9-7-24-55(57)63(59)39-51)49-22-13-23-50(38-49)54-31-35-62-60-33-29-52(40-64(60)56-25-8-10-27-58(56)66(62)42-54)48-21-12-19-46(37-48)44-16-5-2-6-17-44/h1-42H. The van der Waals surface area contributed by atoms with Crippen LogP contribution in [-0.2, 0) is 0 Å². The highest BCUT2D eigenvalue weighted by Crippen LogP contribution is 2.42. The quantitative estimate of drug-likeness (QED) is 0.146. The summed E-state index contributed by atoms with van der Waals surface area (Å²) in [7, 11) is 0. The Labute approximate surface area is 384 Å². The van der Waals surface area contributed by atoms with Gasteiger partial charge in [-0.15, -0.1) is 0 Å². The summed E-state index contributed by atoms with van der Waals surface area (Å²) in [6, 6.07) is 94.0. The minimum Gasteiger partial charge on any atom is -0.0622 e. The molecule has 0 saturated carbocycles. The molecule has 0 bridgehead atoms. The molecule has 0 radical (unpaired) electrons. The van der Waals surface area contributed by atoms with Crippen LogP contribution < -0.4 is 0 Å². The van der Waals surface area contributed by atoms with Crippen LogP contribution in [0.1, 0.15) is 0 Å². The Morgan fingerprint density at radius 3 is 0.576 bits per heavy atom. The molecule has 66 heavy (non-hydrogen) atoms. The largest absolute Gasteiger partial charge is 0.0622 e. The monoisotopic (exact) mass is 834 g/mol. The molecule has 0 unspecified atom stereocenters. The Morgan fingerprint density at radius 1 is 0.106 bits per heavy atom. The Balaban J connectivity index is 0.880. The van der Waals surface area contributed by atoms with Crippen LogP contribution >= 0.6 is 0 Å². The van der Waals surface area contributed by atoms with Crippen LogP contribution in [-0.4, -0.2) is 0 Å². The first-order valence-electron chi connectivity index (χ1n) is 22.9. The molecule has 0 aromatic heterocycles. The molecule has 0 aliphatic carbocycles. The lowest BCUT2D eigenvalue weighted by atomic mass is 9.89. The number of hydrogen-bond donors (Lipinski definition) is 0. The number of benzene rings is 13. The summed E-state index contributed by atoms with van der Waals surface area (Å²) in [5.74, 6) is 0. The lowest BCUT2D eigenvalue weighted by molar-refractivity contribution is 1.60. The Bertz CT molecular complexity index is 3730. The first-order chi connectivity index (χ1) is 32.7. The molecule has 13 aromatic carbocycles. The molecule has 0 heteroatoms. The zero-order chi connectivity index (χ0) is 43.6. The Kier molecular flexibility index (Phi) is 8.96. The van der Waals surface area contributed by atoms with Gasteiger partial charge in [-0.3, -0.25) is 0 Å². The van der Waals surface area contributed by atoms with E-state index in [4.69, 9.17) is 0 Å². The number of hydrogen-bond acceptors (Lipinski definition) is 0.